The van der Waals surface area contributed by atoms with Crippen LogP contribution in [0.1, 0.15) is 41.5 Å². The average molecular weight is 288 g/mol. The van der Waals surface area contributed by atoms with Gasteiger partial charge in [0.1, 0.15) is 0 Å². The van der Waals surface area contributed by atoms with Gasteiger partial charge in [-0.3, -0.25) is 0 Å². The number of allylic oxidation sites excluding steroid dienone is 1. The Hall–Kier alpha value is -0.590. The van der Waals surface area contributed by atoms with E-state index in [9.17, 15) is 0 Å². The molecule has 0 aromatic carbocycles. The molecule has 0 radical (unpaired) electrons. The van der Waals surface area contributed by atoms with E-state index in [-0.39, 0.29) is 5.41 Å². The monoisotopic (exact) mass is 287 g/mol. The molecule has 3 heteroatoms. The Balaban J connectivity index is -0.000000118. The number of nitrogens with zero attached hydrogens (tertiary/aromatic N) is 1. The second-order valence-corrected chi connectivity index (χ2v) is 5.01. The van der Waals surface area contributed by atoms with Crippen molar-refractivity contribution in [2.75, 3.05) is 5.75 Å². The molecule has 0 heterocycles. The normalized spacial score (nSPS) is 9.61. The lowest BCUT2D eigenvalue weighted by molar-refractivity contribution is 0.351. The molecule has 0 N–H and O–H groups in total. The average Bonchev–Trinajstić information content (AvgIpc) is 2.41. The van der Waals surface area contributed by atoms with Crippen molar-refractivity contribution in [3.8, 4) is 6.07 Å². The van der Waals surface area contributed by atoms with Crippen LogP contribution >= 0.6 is 24.0 Å². The Bertz CT molecular complexity index is 217. The number of rotatable bonds is 4. The van der Waals surface area contributed by atoms with Gasteiger partial charge in [0.05, 0.1) is 11.5 Å². The zero-order valence-corrected chi connectivity index (χ0v) is 14.5. The van der Waals surface area contributed by atoms with Crippen molar-refractivity contribution in [3.05, 3.63) is 25.8 Å². The van der Waals surface area contributed by atoms with Gasteiger partial charge in [0, 0.05) is 10.5 Å². The molecule has 106 valence electrons. The fourth-order valence-electron chi connectivity index (χ4n) is 0.502. The molecule has 0 bridgehead atoms. The van der Waals surface area contributed by atoms with Crippen molar-refractivity contribution in [1.29, 1.82) is 5.26 Å². The summed E-state index contributed by atoms with van der Waals surface area (Å²) in [4.78, 5) is 0. The zero-order chi connectivity index (χ0) is 15.6. The molecular formula is C15H29NS2. The van der Waals surface area contributed by atoms with Crippen molar-refractivity contribution in [2.24, 2.45) is 11.3 Å². The minimum Gasteiger partial charge on any atom is -0.198 e. The summed E-state index contributed by atoms with van der Waals surface area (Å²) in [6.45, 7) is 21.2. The summed E-state index contributed by atoms with van der Waals surface area (Å²) < 4.78 is 1.66. The largest absolute Gasteiger partial charge is 0.198 e. The van der Waals surface area contributed by atoms with Gasteiger partial charge in [-0.2, -0.15) is 5.26 Å². The highest BCUT2D eigenvalue weighted by molar-refractivity contribution is 8.20. The summed E-state index contributed by atoms with van der Waals surface area (Å²) in [7, 11) is 0. The summed E-state index contributed by atoms with van der Waals surface area (Å²) >= 11 is 6.28. The molecule has 0 aliphatic carbocycles. The molecule has 0 saturated carbocycles. The van der Waals surface area contributed by atoms with Gasteiger partial charge in [-0.25, -0.2) is 0 Å². The van der Waals surface area contributed by atoms with Crippen molar-refractivity contribution >= 4 is 28.7 Å². The quantitative estimate of drug-likeness (QED) is 0.476. The molecule has 1 atom stereocenters. The van der Waals surface area contributed by atoms with Crippen LogP contribution in [0, 0.1) is 22.7 Å². The van der Waals surface area contributed by atoms with Gasteiger partial charge in [-0.1, -0.05) is 39.1 Å². The van der Waals surface area contributed by atoms with Gasteiger partial charge < -0.3 is 0 Å². The van der Waals surface area contributed by atoms with Gasteiger partial charge in [0.15, 0.2) is 0 Å². The third-order valence-corrected chi connectivity index (χ3v) is 3.17. The lowest BCUT2D eigenvalue weighted by Gasteiger charge is -2.22. The standard InChI is InChI=1S/C8H13NS2.C3H6.C2H6.C2H4/c1-7(4-11-6-10)8(2,3)5-9;1-3-2;2*1-2/h6-7H,4H2,1-3H3;3H,1H2,2H3;1-2H3;1-2H2. The second-order valence-electron chi connectivity index (χ2n) is 3.57. The number of hydrogen-bond donors (Lipinski definition) is 0. The maximum absolute atomic E-state index is 8.77. The van der Waals surface area contributed by atoms with Crippen LogP contribution in [0.3, 0.4) is 0 Å². The van der Waals surface area contributed by atoms with E-state index in [1.54, 1.807) is 22.5 Å². The van der Waals surface area contributed by atoms with E-state index in [0.717, 1.165) is 5.75 Å². The molecule has 0 amide bonds. The highest BCUT2D eigenvalue weighted by Gasteiger charge is 2.24. The summed E-state index contributed by atoms with van der Waals surface area (Å²) in [6, 6.07) is 2.29. The zero-order valence-electron chi connectivity index (χ0n) is 12.8. The SMILES string of the molecule is C=C.C=CC.CC.CC(CSC=S)C(C)(C)C#N. The van der Waals surface area contributed by atoms with Gasteiger partial charge in [-0.15, -0.1) is 31.5 Å². The lowest BCUT2D eigenvalue weighted by atomic mass is 9.83. The molecule has 1 unspecified atom stereocenters. The first-order valence-corrected chi connectivity index (χ1v) is 7.51. The first-order chi connectivity index (χ1) is 8.46. The second kappa shape index (κ2) is 21.7. The van der Waals surface area contributed by atoms with Crippen LogP contribution in [0.5, 0.6) is 0 Å². The Kier molecular flexibility index (Phi) is 31.4. The first-order valence-electron chi connectivity index (χ1n) is 5.99. The van der Waals surface area contributed by atoms with E-state index in [1.165, 1.54) is 0 Å². The molecule has 0 fully saturated rings. The minimum absolute atomic E-state index is 0.231. The fourth-order valence-corrected chi connectivity index (χ4v) is 1.52. The Morgan fingerprint density at radius 1 is 1.39 bits per heavy atom. The van der Waals surface area contributed by atoms with Gasteiger partial charge in [-0.05, 0) is 26.7 Å². The van der Waals surface area contributed by atoms with E-state index in [4.69, 9.17) is 5.26 Å². The number of thioether (sulfide) groups is 1. The highest BCUT2D eigenvalue weighted by Crippen LogP contribution is 2.27. The molecule has 0 aliphatic heterocycles. The van der Waals surface area contributed by atoms with E-state index >= 15 is 0 Å². The van der Waals surface area contributed by atoms with E-state index in [2.05, 4.69) is 44.9 Å². The molecular weight excluding hydrogens is 258 g/mol. The van der Waals surface area contributed by atoms with Crippen LogP contribution < -0.4 is 0 Å². The third kappa shape index (κ3) is 20.8. The van der Waals surface area contributed by atoms with Crippen LogP contribution in [-0.2, 0) is 0 Å². The van der Waals surface area contributed by atoms with E-state index < -0.39 is 0 Å². The van der Waals surface area contributed by atoms with Gasteiger partial charge in [0.2, 0.25) is 0 Å². The van der Waals surface area contributed by atoms with Crippen LogP contribution in [0.4, 0.5) is 0 Å². The molecule has 0 saturated heterocycles. The third-order valence-electron chi connectivity index (χ3n) is 1.93. The van der Waals surface area contributed by atoms with Crippen LogP contribution in [0.2, 0.25) is 0 Å². The van der Waals surface area contributed by atoms with Crippen molar-refractivity contribution in [2.45, 2.75) is 41.5 Å². The predicted octanol–water partition coefficient (Wildman–Crippen LogP) is 5.88. The molecule has 18 heavy (non-hydrogen) atoms. The highest BCUT2D eigenvalue weighted by atomic mass is 32.2. The summed E-state index contributed by atoms with van der Waals surface area (Å²) in [5.74, 6) is 1.32. The number of nitriles is 1. The Morgan fingerprint density at radius 3 is 1.94 bits per heavy atom. The van der Waals surface area contributed by atoms with Crippen LogP contribution in [-0.4, -0.2) is 10.5 Å². The van der Waals surface area contributed by atoms with Crippen molar-refractivity contribution < 1.29 is 0 Å². The van der Waals surface area contributed by atoms with Gasteiger partial charge in [0.25, 0.3) is 0 Å². The molecule has 0 spiro atoms. The molecule has 0 aromatic heterocycles. The Labute approximate surface area is 124 Å². The van der Waals surface area contributed by atoms with Crippen molar-refractivity contribution in [3.63, 3.8) is 0 Å². The summed E-state index contributed by atoms with van der Waals surface area (Å²) in [5.41, 5.74) is -0.231. The molecule has 0 aliphatic rings. The predicted molar refractivity (Wildman–Crippen MR) is 93.1 cm³/mol. The minimum atomic E-state index is -0.231. The summed E-state index contributed by atoms with van der Waals surface area (Å²) in [6.07, 6.45) is 1.75. The fraction of sp³-hybridized carbons (Fsp3) is 0.600. The maximum atomic E-state index is 8.77. The molecule has 0 aromatic rings. The molecule has 1 nitrogen and oxygen atoms in total. The number of hydrogen-bond acceptors (Lipinski definition) is 3. The van der Waals surface area contributed by atoms with Crippen LogP contribution in [0.25, 0.3) is 0 Å². The van der Waals surface area contributed by atoms with Crippen molar-refractivity contribution in [1.82, 2.24) is 0 Å². The Morgan fingerprint density at radius 2 is 1.72 bits per heavy atom. The molecule has 0 rings (SSSR count). The smallest absolute Gasteiger partial charge is 0.0687 e. The van der Waals surface area contributed by atoms with E-state index in [0.29, 0.717) is 5.92 Å². The van der Waals surface area contributed by atoms with Gasteiger partial charge >= 0.3 is 0 Å². The maximum Gasteiger partial charge on any atom is 0.0687 e. The lowest BCUT2D eigenvalue weighted by Crippen LogP contribution is -2.21. The summed E-state index contributed by atoms with van der Waals surface area (Å²) in [5, 5.41) is 8.77. The first kappa shape index (κ1) is 26.1. The topological polar surface area (TPSA) is 23.8 Å². The van der Waals surface area contributed by atoms with E-state index in [1.807, 2.05) is 34.6 Å². The number of thiocarbonyl (C=S) groups is 1. The van der Waals surface area contributed by atoms with Crippen LogP contribution in [0.15, 0.2) is 25.8 Å².